The van der Waals surface area contributed by atoms with Crippen LogP contribution in [0.3, 0.4) is 0 Å². The van der Waals surface area contributed by atoms with E-state index in [1.54, 1.807) is 0 Å². The van der Waals surface area contributed by atoms with Gasteiger partial charge < -0.3 is 15.4 Å². The van der Waals surface area contributed by atoms with Gasteiger partial charge in [0.1, 0.15) is 0 Å². The number of thioether (sulfide) groups is 2. The lowest BCUT2D eigenvalue weighted by Gasteiger charge is -2.34. The Kier molecular flexibility index (Phi) is 9.37. The smallest absolute Gasteiger partial charge is 0.236 e. The summed E-state index contributed by atoms with van der Waals surface area (Å²) in [5.74, 6) is 3.62. The number of carbonyl (C=O) groups excluding carboxylic acids is 1. The molecule has 0 radical (unpaired) electrons. The van der Waals surface area contributed by atoms with Gasteiger partial charge in [0.15, 0.2) is 0 Å². The van der Waals surface area contributed by atoms with Crippen LogP contribution in [0.1, 0.15) is 19.3 Å². The second-order valence-electron chi connectivity index (χ2n) is 4.97. The summed E-state index contributed by atoms with van der Waals surface area (Å²) < 4.78 is 5.77. The largest absolute Gasteiger partial charge is 0.378 e. The molecule has 1 amide bonds. The van der Waals surface area contributed by atoms with Gasteiger partial charge in [-0.3, -0.25) is 4.79 Å². The molecule has 118 valence electrons. The van der Waals surface area contributed by atoms with Gasteiger partial charge in [0.2, 0.25) is 5.91 Å². The maximum absolute atomic E-state index is 12.4. The van der Waals surface area contributed by atoms with Crippen LogP contribution in [0.25, 0.3) is 0 Å². The maximum atomic E-state index is 12.4. The molecule has 4 nitrogen and oxygen atoms in total. The minimum Gasteiger partial charge on any atom is -0.378 e. The summed E-state index contributed by atoms with van der Waals surface area (Å²) in [6.45, 7) is 3.15. The van der Waals surface area contributed by atoms with Crippen molar-refractivity contribution in [2.45, 2.75) is 30.6 Å². The van der Waals surface area contributed by atoms with E-state index in [1.165, 1.54) is 5.75 Å². The highest BCUT2D eigenvalue weighted by molar-refractivity contribution is 8.07. The fourth-order valence-corrected chi connectivity index (χ4v) is 5.04. The topological polar surface area (TPSA) is 55.6 Å². The molecule has 0 aromatic rings. The van der Waals surface area contributed by atoms with Crippen molar-refractivity contribution in [3.05, 3.63) is 0 Å². The van der Waals surface area contributed by atoms with Crippen LogP contribution in [-0.2, 0) is 9.53 Å². The summed E-state index contributed by atoms with van der Waals surface area (Å²) >= 11 is 3.73. The predicted molar refractivity (Wildman–Crippen MR) is 90.0 cm³/mol. The molecule has 0 bridgehead atoms. The van der Waals surface area contributed by atoms with E-state index >= 15 is 0 Å². The third kappa shape index (κ3) is 5.64. The van der Waals surface area contributed by atoms with E-state index in [9.17, 15) is 4.79 Å². The summed E-state index contributed by atoms with van der Waals surface area (Å²) in [5.41, 5.74) is 5.45. The van der Waals surface area contributed by atoms with E-state index in [0.717, 1.165) is 50.5 Å². The van der Waals surface area contributed by atoms with Gasteiger partial charge in [0, 0.05) is 37.0 Å². The van der Waals surface area contributed by atoms with Crippen LogP contribution in [0.4, 0.5) is 0 Å². The quantitative estimate of drug-likeness (QED) is 0.771. The highest BCUT2D eigenvalue weighted by atomic mass is 35.5. The summed E-state index contributed by atoms with van der Waals surface area (Å²) in [4.78, 5) is 14.4. The number of halogens is 1. The average molecular weight is 341 g/mol. The second-order valence-corrected chi connectivity index (χ2v) is 7.43. The standard InChI is InChI=1S/C13H24N2O2S2.ClH/c14-4-1-7-17-11-2-5-15(6-3-11)13(16)12-10-18-8-9-19-12;/h11-12H,1-10,14H2;1H. The Morgan fingerprint density at radius 2 is 2.05 bits per heavy atom. The maximum Gasteiger partial charge on any atom is 0.236 e. The Labute approximate surface area is 136 Å². The normalized spacial score (nSPS) is 24.2. The molecule has 1 atom stereocenters. The molecule has 2 fully saturated rings. The molecule has 2 rings (SSSR count). The third-order valence-electron chi connectivity index (χ3n) is 3.55. The van der Waals surface area contributed by atoms with Crippen LogP contribution in [0, 0.1) is 0 Å². The molecule has 0 aromatic carbocycles. The van der Waals surface area contributed by atoms with Gasteiger partial charge in [-0.05, 0) is 25.8 Å². The molecule has 2 heterocycles. The van der Waals surface area contributed by atoms with Crippen LogP contribution < -0.4 is 5.73 Å². The second kappa shape index (κ2) is 10.2. The van der Waals surface area contributed by atoms with E-state index in [2.05, 4.69) is 0 Å². The van der Waals surface area contributed by atoms with E-state index < -0.39 is 0 Å². The van der Waals surface area contributed by atoms with Crippen molar-refractivity contribution in [3.63, 3.8) is 0 Å². The van der Waals surface area contributed by atoms with Gasteiger partial charge in [0.25, 0.3) is 0 Å². The Morgan fingerprint density at radius 1 is 1.30 bits per heavy atom. The lowest BCUT2D eigenvalue weighted by Crippen LogP contribution is -2.46. The van der Waals surface area contributed by atoms with Crippen molar-refractivity contribution in [3.8, 4) is 0 Å². The highest BCUT2D eigenvalue weighted by Crippen LogP contribution is 2.26. The minimum absolute atomic E-state index is 0. The number of amides is 1. The van der Waals surface area contributed by atoms with Crippen LogP contribution >= 0.6 is 35.9 Å². The number of rotatable bonds is 5. The van der Waals surface area contributed by atoms with Crippen LogP contribution in [0.15, 0.2) is 0 Å². The molecule has 0 aromatic heterocycles. The Hall–Kier alpha value is 0.380. The molecule has 1 unspecified atom stereocenters. The molecule has 0 spiro atoms. The zero-order chi connectivity index (χ0) is 13.5. The van der Waals surface area contributed by atoms with Crippen LogP contribution in [0.5, 0.6) is 0 Å². The monoisotopic (exact) mass is 340 g/mol. The van der Waals surface area contributed by atoms with E-state index in [0.29, 0.717) is 18.6 Å². The number of nitrogens with zero attached hydrogens (tertiary/aromatic N) is 1. The highest BCUT2D eigenvalue weighted by Gasteiger charge is 2.29. The molecule has 2 saturated heterocycles. The predicted octanol–water partition coefficient (Wildman–Crippen LogP) is 1.61. The molecular formula is C13H25ClN2O2S2. The minimum atomic E-state index is 0. The first kappa shape index (κ1) is 18.4. The first-order valence-corrected chi connectivity index (χ1v) is 9.31. The van der Waals surface area contributed by atoms with Gasteiger partial charge in [0.05, 0.1) is 11.4 Å². The van der Waals surface area contributed by atoms with Gasteiger partial charge in [-0.1, -0.05) is 0 Å². The number of carbonyl (C=O) groups is 1. The number of likely N-dealkylation sites (tertiary alicyclic amines) is 1. The molecule has 7 heteroatoms. The third-order valence-corrected chi connectivity index (χ3v) is 6.29. The average Bonchev–Trinajstić information content (AvgIpc) is 2.48. The summed E-state index contributed by atoms with van der Waals surface area (Å²) in [7, 11) is 0. The first-order chi connectivity index (χ1) is 9.31. The molecule has 2 aliphatic rings. The van der Waals surface area contributed by atoms with Crippen molar-refractivity contribution in [1.29, 1.82) is 0 Å². The van der Waals surface area contributed by atoms with Crippen molar-refractivity contribution < 1.29 is 9.53 Å². The van der Waals surface area contributed by atoms with Crippen molar-refractivity contribution >= 4 is 41.8 Å². The van der Waals surface area contributed by atoms with E-state index in [-0.39, 0.29) is 17.7 Å². The number of hydrogen-bond acceptors (Lipinski definition) is 5. The fraction of sp³-hybridized carbons (Fsp3) is 0.923. The Morgan fingerprint density at radius 3 is 2.65 bits per heavy atom. The molecule has 20 heavy (non-hydrogen) atoms. The Balaban J connectivity index is 0.00000200. The van der Waals surface area contributed by atoms with Crippen LogP contribution in [0.2, 0.25) is 0 Å². The lowest BCUT2D eigenvalue weighted by atomic mass is 10.1. The zero-order valence-corrected chi connectivity index (χ0v) is 14.2. The fourth-order valence-electron chi connectivity index (χ4n) is 2.41. The number of ether oxygens (including phenoxy) is 1. The van der Waals surface area contributed by atoms with E-state index in [4.69, 9.17) is 10.5 Å². The van der Waals surface area contributed by atoms with Gasteiger partial charge in [-0.15, -0.1) is 24.2 Å². The number of piperidine rings is 1. The summed E-state index contributed by atoms with van der Waals surface area (Å²) in [5, 5.41) is 0.188. The van der Waals surface area contributed by atoms with E-state index in [1.807, 2.05) is 28.4 Å². The van der Waals surface area contributed by atoms with Crippen LogP contribution in [-0.4, -0.2) is 65.7 Å². The van der Waals surface area contributed by atoms with Gasteiger partial charge in [-0.2, -0.15) is 11.8 Å². The summed E-state index contributed by atoms with van der Waals surface area (Å²) in [6.07, 6.45) is 3.19. The van der Waals surface area contributed by atoms with Crippen molar-refractivity contribution in [2.24, 2.45) is 5.73 Å². The first-order valence-electron chi connectivity index (χ1n) is 7.11. The van der Waals surface area contributed by atoms with Crippen molar-refractivity contribution in [1.82, 2.24) is 4.90 Å². The SMILES string of the molecule is Cl.NCCCOC1CCN(C(=O)C2CSCCS2)CC1. The Bertz CT molecular complexity index is 284. The zero-order valence-electron chi connectivity index (χ0n) is 11.8. The molecule has 2 aliphatic heterocycles. The van der Waals surface area contributed by atoms with Crippen molar-refractivity contribution in [2.75, 3.05) is 43.5 Å². The summed E-state index contributed by atoms with van der Waals surface area (Å²) in [6, 6.07) is 0. The number of hydrogen-bond donors (Lipinski definition) is 1. The van der Waals surface area contributed by atoms with Gasteiger partial charge in [-0.25, -0.2) is 0 Å². The number of nitrogens with two attached hydrogens (primary N) is 1. The van der Waals surface area contributed by atoms with Gasteiger partial charge >= 0.3 is 0 Å². The lowest BCUT2D eigenvalue weighted by molar-refractivity contribution is -0.132. The molecule has 0 aliphatic carbocycles. The molecule has 0 saturated carbocycles. The molecular weight excluding hydrogens is 316 g/mol. The molecule has 2 N–H and O–H groups in total.